The molecule has 0 atom stereocenters. The van der Waals surface area contributed by atoms with Crippen LogP contribution in [0.15, 0.2) is 12.5 Å². The SMILES string of the molecule is Cn1cnc(CCNc2nc(N)nc3[nH]ncc23)n1. The van der Waals surface area contributed by atoms with Crippen LogP contribution in [0.5, 0.6) is 0 Å². The molecule has 19 heavy (non-hydrogen) atoms. The number of aryl methyl sites for hydroxylation is 1. The van der Waals surface area contributed by atoms with E-state index in [1.165, 1.54) is 0 Å². The standard InChI is InChI=1S/C10H13N9/c1-19-5-13-7(18-19)2-3-12-8-6-4-14-17-9(6)16-10(11)15-8/h4-5H,2-3H2,1H3,(H4,11,12,14,15,16,17). The average molecular weight is 259 g/mol. The van der Waals surface area contributed by atoms with Crippen LogP contribution in [0.1, 0.15) is 5.82 Å². The highest BCUT2D eigenvalue weighted by molar-refractivity contribution is 5.86. The number of hydrogen-bond donors (Lipinski definition) is 3. The van der Waals surface area contributed by atoms with E-state index in [1.54, 1.807) is 17.2 Å². The summed E-state index contributed by atoms with van der Waals surface area (Å²) in [5.41, 5.74) is 6.25. The average Bonchev–Trinajstić information content (AvgIpc) is 2.98. The molecule has 0 saturated heterocycles. The molecule has 0 unspecified atom stereocenters. The zero-order chi connectivity index (χ0) is 13.2. The number of H-pyrrole nitrogens is 1. The molecule has 3 rings (SSSR count). The maximum Gasteiger partial charge on any atom is 0.224 e. The fourth-order valence-electron chi connectivity index (χ4n) is 1.78. The van der Waals surface area contributed by atoms with Crippen LogP contribution in [-0.2, 0) is 13.5 Å². The first-order valence-corrected chi connectivity index (χ1v) is 5.77. The van der Waals surface area contributed by atoms with Gasteiger partial charge in [0, 0.05) is 20.0 Å². The number of anilines is 2. The molecule has 3 aromatic heterocycles. The molecule has 0 saturated carbocycles. The van der Waals surface area contributed by atoms with E-state index < -0.39 is 0 Å². The van der Waals surface area contributed by atoms with Gasteiger partial charge in [-0.15, -0.1) is 0 Å². The summed E-state index contributed by atoms with van der Waals surface area (Å²) in [6, 6.07) is 0. The second-order valence-electron chi connectivity index (χ2n) is 4.07. The minimum Gasteiger partial charge on any atom is -0.369 e. The number of nitrogens with one attached hydrogen (secondary N) is 2. The van der Waals surface area contributed by atoms with Gasteiger partial charge in [0.1, 0.15) is 12.1 Å². The molecule has 0 bridgehead atoms. The van der Waals surface area contributed by atoms with Crippen LogP contribution in [0.3, 0.4) is 0 Å². The summed E-state index contributed by atoms with van der Waals surface area (Å²) in [6.07, 6.45) is 4.03. The Morgan fingerprint density at radius 1 is 1.42 bits per heavy atom. The van der Waals surface area contributed by atoms with Crippen molar-refractivity contribution in [1.29, 1.82) is 0 Å². The van der Waals surface area contributed by atoms with E-state index >= 15 is 0 Å². The van der Waals surface area contributed by atoms with Crippen LogP contribution in [-0.4, -0.2) is 41.5 Å². The summed E-state index contributed by atoms with van der Waals surface area (Å²) in [5.74, 6) is 1.64. The number of nitrogens with zero attached hydrogens (tertiary/aromatic N) is 6. The maximum absolute atomic E-state index is 5.63. The molecule has 3 aromatic rings. The van der Waals surface area contributed by atoms with E-state index in [-0.39, 0.29) is 5.95 Å². The van der Waals surface area contributed by atoms with Crippen molar-refractivity contribution in [3.8, 4) is 0 Å². The topological polar surface area (TPSA) is 123 Å². The first kappa shape index (κ1) is 11.4. The van der Waals surface area contributed by atoms with Crippen LogP contribution >= 0.6 is 0 Å². The van der Waals surface area contributed by atoms with E-state index in [0.717, 1.165) is 11.2 Å². The van der Waals surface area contributed by atoms with Crippen LogP contribution in [0.25, 0.3) is 11.0 Å². The van der Waals surface area contributed by atoms with Crippen LogP contribution < -0.4 is 11.1 Å². The van der Waals surface area contributed by atoms with Crippen molar-refractivity contribution >= 4 is 22.8 Å². The number of rotatable bonds is 4. The molecule has 3 heterocycles. The molecule has 98 valence electrons. The van der Waals surface area contributed by atoms with Gasteiger partial charge in [-0.1, -0.05) is 0 Å². The first-order valence-electron chi connectivity index (χ1n) is 5.77. The van der Waals surface area contributed by atoms with E-state index in [1.807, 2.05) is 7.05 Å². The molecule has 0 radical (unpaired) electrons. The lowest BCUT2D eigenvalue weighted by Crippen LogP contribution is -2.09. The fourth-order valence-corrected chi connectivity index (χ4v) is 1.78. The largest absolute Gasteiger partial charge is 0.369 e. The van der Waals surface area contributed by atoms with Gasteiger partial charge < -0.3 is 11.1 Å². The van der Waals surface area contributed by atoms with E-state index in [9.17, 15) is 0 Å². The van der Waals surface area contributed by atoms with Gasteiger partial charge in [0.05, 0.1) is 11.6 Å². The van der Waals surface area contributed by atoms with Crippen molar-refractivity contribution in [3.63, 3.8) is 0 Å². The molecule has 0 aromatic carbocycles. The Hall–Kier alpha value is -2.71. The van der Waals surface area contributed by atoms with Gasteiger partial charge in [-0.2, -0.15) is 20.2 Å². The van der Waals surface area contributed by atoms with Gasteiger partial charge in [0.15, 0.2) is 11.5 Å². The van der Waals surface area contributed by atoms with Crippen molar-refractivity contribution in [2.75, 3.05) is 17.6 Å². The molecule has 9 nitrogen and oxygen atoms in total. The van der Waals surface area contributed by atoms with Crippen LogP contribution in [0.4, 0.5) is 11.8 Å². The molecule has 9 heteroatoms. The van der Waals surface area contributed by atoms with Gasteiger partial charge in [0.2, 0.25) is 5.95 Å². The summed E-state index contributed by atoms with van der Waals surface area (Å²) >= 11 is 0. The normalized spacial score (nSPS) is 11.0. The molecule has 0 aliphatic rings. The second kappa shape index (κ2) is 4.52. The highest BCUT2D eigenvalue weighted by atomic mass is 15.3. The van der Waals surface area contributed by atoms with E-state index in [4.69, 9.17) is 5.73 Å². The molecule has 0 spiro atoms. The lowest BCUT2D eigenvalue weighted by atomic mass is 10.3. The predicted octanol–water partition coefficient (Wildman–Crippen LogP) is -0.282. The number of nitrogen functional groups attached to an aromatic ring is 1. The van der Waals surface area contributed by atoms with Crippen molar-refractivity contribution in [3.05, 3.63) is 18.3 Å². The summed E-state index contributed by atoms with van der Waals surface area (Å²) in [7, 11) is 1.84. The quantitative estimate of drug-likeness (QED) is 0.588. The third-order valence-electron chi connectivity index (χ3n) is 2.62. The van der Waals surface area contributed by atoms with Gasteiger partial charge in [-0.25, -0.2) is 4.98 Å². The monoisotopic (exact) mass is 259 g/mol. The Morgan fingerprint density at radius 2 is 2.32 bits per heavy atom. The second-order valence-corrected chi connectivity index (χ2v) is 4.07. The zero-order valence-corrected chi connectivity index (χ0v) is 10.3. The van der Waals surface area contributed by atoms with Gasteiger partial charge in [0.25, 0.3) is 0 Å². The first-order chi connectivity index (χ1) is 9.22. The molecule has 4 N–H and O–H groups in total. The maximum atomic E-state index is 5.63. The summed E-state index contributed by atoms with van der Waals surface area (Å²) in [4.78, 5) is 12.4. The molecule has 0 aliphatic heterocycles. The lowest BCUT2D eigenvalue weighted by Gasteiger charge is -2.05. The summed E-state index contributed by atoms with van der Waals surface area (Å²) in [5, 5.41) is 14.9. The zero-order valence-electron chi connectivity index (χ0n) is 10.3. The molecule has 0 fully saturated rings. The number of aromatic amines is 1. The van der Waals surface area contributed by atoms with Gasteiger partial charge in [-0.3, -0.25) is 9.78 Å². The van der Waals surface area contributed by atoms with E-state index in [2.05, 4.69) is 35.6 Å². The Kier molecular flexibility index (Phi) is 2.71. The van der Waals surface area contributed by atoms with Gasteiger partial charge >= 0.3 is 0 Å². The Morgan fingerprint density at radius 3 is 3.11 bits per heavy atom. The third-order valence-corrected chi connectivity index (χ3v) is 2.62. The smallest absolute Gasteiger partial charge is 0.224 e. The number of aromatic nitrogens is 7. The minimum atomic E-state index is 0.204. The van der Waals surface area contributed by atoms with Gasteiger partial charge in [-0.05, 0) is 0 Å². The van der Waals surface area contributed by atoms with Crippen LogP contribution in [0.2, 0.25) is 0 Å². The Bertz CT molecular complexity index is 698. The number of fused-ring (bicyclic) bond motifs is 1. The third kappa shape index (κ3) is 2.30. The van der Waals surface area contributed by atoms with Crippen molar-refractivity contribution in [1.82, 2.24) is 34.9 Å². The van der Waals surface area contributed by atoms with Crippen molar-refractivity contribution < 1.29 is 0 Å². The summed E-state index contributed by atoms with van der Waals surface area (Å²) < 4.78 is 1.67. The van der Waals surface area contributed by atoms with Crippen LogP contribution in [0, 0.1) is 0 Å². The number of nitrogens with two attached hydrogens (primary N) is 1. The van der Waals surface area contributed by atoms with Crippen molar-refractivity contribution in [2.45, 2.75) is 6.42 Å². The number of hydrogen-bond acceptors (Lipinski definition) is 7. The van der Waals surface area contributed by atoms with Crippen molar-refractivity contribution in [2.24, 2.45) is 7.05 Å². The Labute approximate surface area is 108 Å². The summed E-state index contributed by atoms with van der Waals surface area (Å²) in [6.45, 7) is 0.654. The lowest BCUT2D eigenvalue weighted by molar-refractivity contribution is 0.742. The van der Waals surface area contributed by atoms with E-state index in [0.29, 0.717) is 24.4 Å². The highest BCUT2D eigenvalue weighted by Gasteiger charge is 2.07. The minimum absolute atomic E-state index is 0.204. The fraction of sp³-hybridized carbons (Fsp3) is 0.300. The molecular formula is C10H13N9. The molecule has 0 amide bonds. The molecule has 0 aliphatic carbocycles. The highest BCUT2D eigenvalue weighted by Crippen LogP contribution is 2.18. The molecular weight excluding hydrogens is 246 g/mol. The predicted molar refractivity (Wildman–Crippen MR) is 69.3 cm³/mol. The Balaban J connectivity index is 1.73.